The van der Waals surface area contributed by atoms with E-state index in [-0.39, 0.29) is 31.9 Å². The number of aliphatic carboxylic acids is 1. The second-order valence-corrected chi connectivity index (χ2v) is 8.59. The molecule has 4 rings (SSSR count). The van der Waals surface area contributed by atoms with Gasteiger partial charge in [-0.25, -0.2) is 4.79 Å². The fourth-order valence-corrected chi connectivity index (χ4v) is 4.32. The smallest absolute Gasteiger partial charge is 0.407 e. The number of ether oxygens (including phenoxy) is 1. The summed E-state index contributed by atoms with van der Waals surface area (Å²) >= 11 is 0. The van der Waals surface area contributed by atoms with Gasteiger partial charge in [0.25, 0.3) is 0 Å². The number of nitrogens with zero attached hydrogens (tertiary/aromatic N) is 1. The Labute approximate surface area is 202 Å². The van der Waals surface area contributed by atoms with E-state index < -0.39 is 24.0 Å². The summed E-state index contributed by atoms with van der Waals surface area (Å²) in [6.07, 6.45) is -1.11. The van der Waals surface area contributed by atoms with Crippen LogP contribution >= 0.6 is 0 Å². The molecule has 182 valence electrons. The molecule has 0 saturated heterocycles. The van der Waals surface area contributed by atoms with Gasteiger partial charge in [0, 0.05) is 18.0 Å². The molecule has 1 atom stereocenters. The highest BCUT2D eigenvalue weighted by Gasteiger charge is 2.30. The molecule has 1 unspecified atom stereocenters. The van der Waals surface area contributed by atoms with E-state index in [1.807, 2.05) is 62.4 Å². The van der Waals surface area contributed by atoms with Crippen molar-refractivity contribution in [3.05, 3.63) is 76.6 Å². The number of hydrogen-bond acceptors (Lipinski definition) is 5. The highest BCUT2D eigenvalue weighted by atomic mass is 16.5. The van der Waals surface area contributed by atoms with Crippen LogP contribution in [0.3, 0.4) is 0 Å². The molecule has 1 aliphatic rings. The lowest BCUT2D eigenvalue weighted by atomic mass is 9.98. The normalized spacial score (nSPS) is 13.0. The molecule has 1 aliphatic carbocycles. The molecule has 0 saturated carbocycles. The monoisotopic (exact) mass is 476 g/mol. The van der Waals surface area contributed by atoms with E-state index in [4.69, 9.17) is 9.84 Å². The number of aromatic nitrogens is 2. The second kappa shape index (κ2) is 10.4. The van der Waals surface area contributed by atoms with Crippen molar-refractivity contribution in [2.75, 3.05) is 6.61 Å². The van der Waals surface area contributed by atoms with Crippen LogP contribution < -0.4 is 10.6 Å². The summed E-state index contributed by atoms with van der Waals surface area (Å²) in [5.74, 6) is -1.68. The molecule has 0 radical (unpaired) electrons. The van der Waals surface area contributed by atoms with Gasteiger partial charge in [0.2, 0.25) is 5.91 Å². The minimum atomic E-state index is -1.06. The number of H-pyrrole nitrogens is 1. The van der Waals surface area contributed by atoms with E-state index in [2.05, 4.69) is 20.8 Å². The number of alkyl carbamates (subject to hydrolysis) is 1. The van der Waals surface area contributed by atoms with E-state index in [9.17, 15) is 14.4 Å². The van der Waals surface area contributed by atoms with Gasteiger partial charge in [-0.15, -0.1) is 0 Å². The summed E-state index contributed by atoms with van der Waals surface area (Å²) in [6.45, 7) is 4.02. The lowest BCUT2D eigenvalue weighted by Gasteiger charge is -2.19. The molecular formula is C26H28N4O5. The van der Waals surface area contributed by atoms with Crippen molar-refractivity contribution in [3.63, 3.8) is 0 Å². The summed E-state index contributed by atoms with van der Waals surface area (Å²) in [5.41, 5.74) is 6.87. The molecule has 3 aromatic rings. The Balaban J connectivity index is 1.39. The van der Waals surface area contributed by atoms with Crippen molar-refractivity contribution < 1.29 is 24.2 Å². The van der Waals surface area contributed by atoms with Gasteiger partial charge in [-0.1, -0.05) is 48.5 Å². The lowest BCUT2D eigenvalue weighted by Crippen LogP contribution is -2.47. The van der Waals surface area contributed by atoms with Crippen molar-refractivity contribution >= 4 is 18.0 Å². The lowest BCUT2D eigenvalue weighted by molar-refractivity contribution is -0.137. The summed E-state index contributed by atoms with van der Waals surface area (Å²) in [5, 5.41) is 21.3. The average Bonchev–Trinajstić information content (AvgIpc) is 3.35. The average molecular weight is 477 g/mol. The molecule has 2 aromatic carbocycles. The molecule has 9 heteroatoms. The van der Waals surface area contributed by atoms with Crippen LogP contribution in [0.4, 0.5) is 4.79 Å². The highest BCUT2D eigenvalue weighted by molar-refractivity contribution is 5.86. The van der Waals surface area contributed by atoms with Crippen molar-refractivity contribution in [2.45, 2.75) is 45.2 Å². The summed E-state index contributed by atoms with van der Waals surface area (Å²) in [4.78, 5) is 36.5. The Bertz CT molecular complexity index is 1210. The summed E-state index contributed by atoms with van der Waals surface area (Å²) in [7, 11) is 0. The van der Waals surface area contributed by atoms with E-state index in [1.54, 1.807) is 0 Å². The van der Waals surface area contributed by atoms with Crippen molar-refractivity contribution in [2.24, 2.45) is 0 Å². The van der Waals surface area contributed by atoms with Gasteiger partial charge in [-0.2, -0.15) is 5.10 Å². The summed E-state index contributed by atoms with van der Waals surface area (Å²) in [6, 6.07) is 14.9. The van der Waals surface area contributed by atoms with Gasteiger partial charge < -0.3 is 20.5 Å². The molecular weight excluding hydrogens is 448 g/mol. The van der Waals surface area contributed by atoms with Crippen LogP contribution in [0.25, 0.3) is 11.1 Å². The van der Waals surface area contributed by atoms with Crippen molar-refractivity contribution in [3.8, 4) is 11.1 Å². The number of hydrogen-bond donors (Lipinski definition) is 4. The van der Waals surface area contributed by atoms with Gasteiger partial charge in [-0.3, -0.25) is 14.7 Å². The second-order valence-electron chi connectivity index (χ2n) is 8.59. The first-order chi connectivity index (χ1) is 16.8. The van der Waals surface area contributed by atoms with Crippen LogP contribution in [0.2, 0.25) is 0 Å². The number of aryl methyl sites for hydroxylation is 1. The van der Waals surface area contributed by atoms with Gasteiger partial charge >= 0.3 is 12.1 Å². The zero-order valence-electron chi connectivity index (χ0n) is 19.6. The van der Waals surface area contributed by atoms with Crippen LogP contribution in [-0.2, 0) is 20.9 Å². The molecule has 0 bridgehead atoms. The first-order valence-corrected chi connectivity index (χ1v) is 11.5. The molecule has 0 fully saturated rings. The van der Waals surface area contributed by atoms with Crippen LogP contribution in [0.15, 0.2) is 48.5 Å². The van der Waals surface area contributed by atoms with Gasteiger partial charge in [-0.05, 0) is 48.1 Å². The van der Waals surface area contributed by atoms with Gasteiger partial charge in [0.1, 0.15) is 12.6 Å². The molecule has 4 N–H and O–H groups in total. The van der Waals surface area contributed by atoms with E-state index >= 15 is 0 Å². The number of carboxylic acid groups (broad SMARTS) is 1. The first-order valence-electron chi connectivity index (χ1n) is 11.5. The molecule has 2 amide bonds. The maximum absolute atomic E-state index is 12.8. The standard InChI is InChI=1S/C26H28N4O5/c1-15-16(2)29-30-23(15)13-27-25(33)22(11-12-24(31)32)28-26(34)35-14-21-19-9-5-3-7-17(19)18-8-4-6-10-20(18)21/h3-10,21-22H,11-14H2,1-2H3,(H,27,33)(H,28,34)(H,29,30)(H,31,32). The topological polar surface area (TPSA) is 133 Å². The van der Waals surface area contributed by atoms with Crippen LogP contribution in [0.5, 0.6) is 0 Å². The summed E-state index contributed by atoms with van der Waals surface area (Å²) < 4.78 is 5.52. The molecule has 0 aliphatic heterocycles. The number of rotatable bonds is 9. The minimum absolute atomic E-state index is 0.0655. The molecule has 9 nitrogen and oxygen atoms in total. The van der Waals surface area contributed by atoms with Crippen LogP contribution in [0, 0.1) is 13.8 Å². The number of aromatic amines is 1. The Morgan fingerprint density at radius 1 is 1.06 bits per heavy atom. The fraction of sp³-hybridized carbons (Fsp3) is 0.308. The molecule has 1 heterocycles. The number of nitrogens with one attached hydrogen (secondary N) is 3. The third-order valence-electron chi connectivity index (χ3n) is 6.38. The van der Waals surface area contributed by atoms with Gasteiger partial charge in [0.05, 0.1) is 12.2 Å². The third kappa shape index (κ3) is 5.34. The van der Waals surface area contributed by atoms with Crippen molar-refractivity contribution in [1.29, 1.82) is 0 Å². The van der Waals surface area contributed by atoms with Crippen LogP contribution in [-0.4, -0.2) is 45.9 Å². The van der Waals surface area contributed by atoms with Gasteiger partial charge in [0.15, 0.2) is 0 Å². The zero-order valence-corrected chi connectivity index (χ0v) is 19.6. The maximum Gasteiger partial charge on any atom is 0.407 e. The highest BCUT2D eigenvalue weighted by Crippen LogP contribution is 2.44. The Morgan fingerprint density at radius 3 is 2.26 bits per heavy atom. The Hall–Kier alpha value is -4.14. The van der Waals surface area contributed by atoms with E-state index in [1.165, 1.54) is 0 Å². The predicted octanol–water partition coefficient (Wildman–Crippen LogP) is 3.41. The predicted molar refractivity (Wildman–Crippen MR) is 129 cm³/mol. The fourth-order valence-electron chi connectivity index (χ4n) is 4.32. The van der Waals surface area contributed by atoms with E-state index in [0.29, 0.717) is 5.69 Å². The first kappa shape index (κ1) is 24.0. The minimum Gasteiger partial charge on any atom is -0.481 e. The number of carboxylic acids is 1. The maximum atomic E-state index is 12.8. The van der Waals surface area contributed by atoms with Crippen LogP contribution in [0.1, 0.15) is 46.8 Å². The van der Waals surface area contributed by atoms with Crippen molar-refractivity contribution in [1.82, 2.24) is 20.8 Å². The molecule has 0 spiro atoms. The third-order valence-corrected chi connectivity index (χ3v) is 6.38. The quantitative estimate of drug-likeness (QED) is 0.374. The SMILES string of the molecule is Cc1[nH]nc(CNC(=O)C(CCC(=O)O)NC(=O)OCC2c3ccccc3-c3ccccc32)c1C. The zero-order chi connectivity index (χ0) is 24.9. The molecule has 35 heavy (non-hydrogen) atoms. The number of carbonyl (C=O) groups is 3. The largest absolute Gasteiger partial charge is 0.481 e. The van der Waals surface area contributed by atoms with E-state index in [0.717, 1.165) is 33.5 Å². The molecule has 1 aromatic heterocycles. The number of fused-ring (bicyclic) bond motifs is 3. The number of benzene rings is 2. The Morgan fingerprint density at radius 2 is 1.69 bits per heavy atom. The Kier molecular flexibility index (Phi) is 7.14. The number of carbonyl (C=O) groups excluding carboxylic acids is 2. The number of amides is 2.